The number of rotatable bonds is 5. The van der Waals surface area contributed by atoms with Gasteiger partial charge < -0.3 is 10.6 Å². The minimum Gasteiger partial charge on any atom is -0.378 e. The number of para-hydroxylation sites is 2. The monoisotopic (exact) mass is 411 g/mol. The zero-order valence-corrected chi connectivity index (χ0v) is 15.3. The predicted octanol–water partition coefficient (Wildman–Crippen LogP) is 5.68. The molecule has 0 aliphatic carbocycles. The number of amides is 1. The number of hydrogen-bond acceptors (Lipinski definition) is 4. The molecular formula is C18H13ClF3N3OS. The van der Waals surface area contributed by atoms with E-state index in [9.17, 15) is 18.0 Å². The van der Waals surface area contributed by atoms with Gasteiger partial charge >= 0.3 is 6.18 Å². The van der Waals surface area contributed by atoms with Crippen LogP contribution >= 0.6 is 22.9 Å². The van der Waals surface area contributed by atoms with E-state index < -0.39 is 17.6 Å². The summed E-state index contributed by atoms with van der Waals surface area (Å²) in [6, 6.07) is 11.1. The quantitative estimate of drug-likeness (QED) is 0.568. The SMILES string of the molecule is O=C(Nc1ccccc1NCc1cnc(Cl)s1)c1ccc(C(F)(F)F)cc1. The van der Waals surface area contributed by atoms with E-state index in [0.29, 0.717) is 22.4 Å². The van der Waals surface area contributed by atoms with Gasteiger partial charge in [-0.1, -0.05) is 23.7 Å². The van der Waals surface area contributed by atoms with Crippen LogP contribution in [0.15, 0.2) is 54.7 Å². The second-order valence-corrected chi connectivity index (χ2v) is 7.21. The van der Waals surface area contributed by atoms with E-state index in [1.54, 1.807) is 30.5 Å². The molecule has 1 heterocycles. The Morgan fingerprint density at radius 3 is 2.33 bits per heavy atom. The van der Waals surface area contributed by atoms with Crippen molar-refractivity contribution in [2.24, 2.45) is 0 Å². The first-order valence-electron chi connectivity index (χ1n) is 7.74. The number of hydrogen-bond donors (Lipinski definition) is 2. The highest BCUT2D eigenvalue weighted by Gasteiger charge is 2.30. The largest absolute Gasteiger partial charge is 0.416 e. The molecule has 4 nitrogen and oxygen atoms in total. The molecule has 0 saturated heterocycles. The summed E-state index contributed by atoms with van der Waals surface area (Å²) in [5, 5.41) is 5.88. The van der Waals surface area contributed by atoms with E-state index in [1.807, 2.05) is 0 Å². The summed E-state index contributed by atoms with van der Waals surface area (Å²) in [4.78, 5) is 17.2. The molecule has 2 N–H and O–H groups in total. The summed E-state index contributed by atoms with van der Waals surface area (Å²) < 4.78 is 38.3. The highest BCUT2D eigenvalue weighted by atomic mass is 35.5. The lowest BCUT2D eigenvalue weighted by atomic mass is 10.1. The van der Waals surface area contributed by atoms with Crippen molar-refractivity contribution in [3.8, 4) is 0 Å². The van der Waals surface area contributed by atoms with Gasteiger partial charge in [-0.25, -0.2) is 4.98 Å². The van der Waals surface area contributed by atoms with Gasteiger partial charge in [-0.05, 0) is 36.4 Å². The number of thiazole rings is 1. The van der Waals surface area contributed by atoms with Crippen molar-refractivity contribution in [3.63, 3.8) is 0 Å². The molecule has 140 valence electrons. The molecule has 0 bridgehead atoms. The molecule has 3 aromatic rings. The van der Waals surface area contributed by atoms with E-state index in [1.165, 1.54) is 11.3 Å². The number of carbonyl (C=O) groups excluding carboxylic acids is 1. The van der Waals surface area contributed by atoms with Crippen molar-refractivity contribution in [3.05, 3.63) is 75.2 Å². The zero-order valence-electron chi connectivity index (χ0n) is 13.7. The fourth-order valence-electron chi connectivity index (χ4n) is 2.30. The van der Waals surface area contributed by atoms with Crippen LogP contribution in [0, 0.1) is 0 Å². The minimum atomic E-state index is -4.44. The summed E-state index contributed by atoms with van der Waals surface area (Å²) in [6.45, 7) is 0.470. The van der Waals surface area contributed by atoms with E-state index >= 15 is 0 Å². The molecule has 1 amide bonds. The van der Waals surface area contributed by atoms with Gasteiger partial charge in [0.05, 0.1) is 23.5 Å². The van der Waals surface area contributed by atoms with Gasteiger partial charge in [-0.3, -0.25) is 4.79 Å². The Morgan fingerprint density at radius 2 is 1.74 bits per heavy atom. The standard InChI is InChI=1S/C18H13ClF3N3OS/c19-17-24-10-13(27-17)9-23-14-3-1-2-4-15(14)25-16(26)11-5-7-12(8-6-11)18(20,21)22/h1-8,10,23H,9H2,(H,25,26). The van der Waals surface area contributed by atoms with Crippen LogP contribution in [0.4, 0.5) is 24.5 Å². The first-order chi connectivity index (χ1) is 12.8. The number of alkyl halides is 3. The Bertz CT molecular complexity index is 942. The van der Waals surface area contributed by atoms with Gasteiger partial charge in [0.1, 0.15) is 0 Å². The molecule has 0 spiro atoms. The van der Waals surface area contributed by atoms with Crippen LogP contribution in [0.25, 0.3) is 0 Å². The fraction of sp³-hybridized carbons (Fsp3) is 0.111. The van der Waals surface area contributed by atoms with Crippen LogP contribution in [0.5, 0.6) is 0 Å². The lowest BCUT2D eigenvalue weighted by Gasteiger charge is -2.13. The van der Waals surface area contributed by atoms with E-state index in [4.69, 9.17) is 11.6 Å². The zero-order chi connectivity index (χ0) is 19.4. The average molecular weight is 412 g/mol. The highest BCUT2D eigenvalue weighted by Crippen LogP contribution is 2.29. The molecule has 0 radical (unpaired) electrons. The van der Waals surface area contributed by atoms with Crippen LogP contribution in [0.3, 0.4) is 0 Å². The topological polar surface area (TPSA) is 54.0 Å². The molecule has 9 heteroatoms. The molecular weight excluding hydrogens is 399 g/mol. The third-order valence-electron chi connectivity index (χ3n) is 3.63. The number of halogens is 4. The molecule has 0 fully saturated rings. The lowest BCUT2D eigenvalue weighted by molar-refractivity contribution is -0.137. The van der Waals surface area contributed by atoms with Crippen molar-refractivity contribution in [1.82, 2.24) is 4.98 Å². The number of carbonyl (C=O) groups is 1. The third kappa shape index (κ3) is 4.99. The summed E-state index contributed by atoms with van der Waals surface area (Å²) in [5.41, 5.74) is 0.511. The van der Waals surface area contributed by atoms with Crippen LogP contribution < -0.4 is 10.6 Å². The van der Waals surface area contributed by atoms with Gasteiger partial charge in [-0.15, -0.1) is 11.3 Å². The third-order valence-corrected chi connectivity index (χ3v) is 4.74. The van der Waals surface area contributed by atoms with Gasteiger partial charge in [0.15, 0.2) is 4.47 Å². The molecule has 1 aromatic heterocycles. The second kappa shape index (κ2) is 7.98. The lowest BCUT2D eigenvalue weighted by Crippen LogP contribution is -2.14. The van der Waals surface area contributed by atoms with Crippen molar-refractivity contribution in [2.45, 2.75) is 12.7 Å². The molecule has 3 rings (SSSR count). The highest BCUT2D eigenvalue weighted by molar-refractivity contribution is 7.15. The normalized spacial score (nSPS) is 11.3. The molecule has 2 aromatic carbocycles. The number of aromatic nitrogens is 1. The summed E-state index contributed by atoms with van der Waals surface area (Å²) in [6.07, 6.45) is -2.78. The van der Waals surface area contributed by atoms with Gasteiger partial charge in [0.25, 0.3) is 5.91 Å². The maximum Gasteiger partial charge on any atom is 0.416 e. The fourth-order valence-corrected chi connectivity index (χ4v) is 3.22. The Morgan fingerprint density at radius 1 is 1.07 bits per heavy atom. The van der Waals surface area contributed by atoms with Crippen LogP contribution in [0.2, 0.25) is 4.47 Å². The predicted molar refractivity (Wildman–Crippen MR) is 100 cm³/mol. The Kier molecular flexibility index (Phi) is 5.67. The molecule has 0 aliphatic rings. The van der Waals surface area contributed by atoms with Crippen molar-refractivity contribution in [1.29, 1.82) is 0 Å². The van der Waals surface area contributed by atoms with E-state index in [0.717, 1.165) is 29.1 Å². The smallest absolute Gasteiger partial charge is 0.378 e. The van der Waals surface area contributed by atoms with Crippen molar-refractivity contribution in [2.75, 3.05) is 10.6 Å². The van der Waals surface area contributed by atoms with Crippen molar-refractivity contribution >= 4 is 40.2 Å². The summed E-state index contributed by atoms with van der Waals surface area (Å²) in [5.74, 6) is -0.501. The average Bonchev–Trinajstić information content (AvgIpc) is 3.05. The van der Waals surface area contributed by atoms with Crippen molar-refractivity contribution < 1.29 is 18.0 Å². The number of nitrogens with zero attached hydrogens (tertiary/aromatic N) is 1. The molecule has 0 atom stereocenters. The van der Waals surface area contributed by atoms with E-state index in [2.05, 4.69) is 15.6 Å². The van der Waals surface area contributed by atoms with Crippen LogP contribution in [-0.4, -0.2) is 10.9 Å². The number of nitrogens with one attached hydrogen (secondary N) is 2. The number of anilines is 2. The molecule has 27 heavy (non-hydrogen) atoms. The maximum atomic E-state index is 12.6. The first-order valence-corrected chi connectivity index (χ1v) is 8.94. The number of benzene rings is 2. The maximum absolute atomic E-state index is 12.6. The minimum absolute atomic E-state index is 0.132. The van der Waals surface area contributed by atoms with E-state index in [-0.39, 0.29) is 5.56 Å². The Balaban J connectivity index is 1.70. The van der Waals surface area contributed by atoms with Gasteiger partial charge in [0.2, 0.25) is 0 Å². The summed E-state index contributed by atoms with van der Waals surface area (Å²) >= 11 is 7.14. The van der Waals surface area contributed by atoms with Crippen LogP contribution in [0.1, 0.15) is 20.8 Å². The summed E-state index contributed by atoms with van der Waals surface area (Å²) in [7, 11) is 0. The second-order valence-electron chi connectivity index (χ2n) is 5.51. The Hall–Kier alpha value is -2.58. The van der Waals surface area contributed by atoms with Gasteiger partial charge in [0, 0.05) is 16.6 Å². The Labute approximate surface area is 162 Å². The molecule has 0 saturated carbocycles. The van der Waals surface area contributed by atoms with Crippen LogP contribution in [-0.2, 0) is 12.7 Å². The molecule has 0 aliphatic heterocycles. The first kappa shape index (κ1) is 19.2. The molecule has 0 unspecified atom stereocenters. The van der Waals surface area contributed by atoms with Gasteiger partial charge in [-0.2, -0.15) is 13.2 Å².